The predicted octanol–water partition coefficient (Wildman–Crippen LogP) is 1.47. The van der Waals surface area contributed by atoms with E-state index in [1.54, 1.807) is 0 Å². The van der Waals surface area contributed by atoms with Gasteiger partial charge in [-0.3, -0.25) is 4.79 Å². The molecule has 80 valence electrons. The van der Waals surface area contributed by atoms with Gasteiger partial charge in [-0.15, -0.1) is 0 Å². The lowest BCUT2D eigenvalue weighted by Gasteiger charge is -2.15. The van der Waals surface area contributed by atoms with Gasteiger partial charge < -0.3 is 10.1 Å². The SMILES string of the molecule is C[C@@H]1CC[C@H](NC(=O)[C@@H]2CCCO2)C1. The quantitative estimate of drug-likeness (QED) is 0.728. The summed E-state index contributed by atoms with van der Waals surface area (Å²) in [6, 6.07) is 0.404. The van der Waals surface area contributed by atoms with E-state index >= 15 is 0 Å². The van der Waals surface area contributed by atoms with Gasteiger partial charge >= 0.3 is 0 Å². The first-order chi connectivity index (χ1) is 6.75. The fraction of sp³-hybridized carbons (Fsp3) is 0.909. The summed E-state index contributed by atoms with van der Waals surface area (Å²) in [7, 11) is 0. The monoisotopic (exact) mass is 197 g/mol. The van der Waals surface area contributed by atoms with Crippen molar-refractivity contribution >= 4 is 5.91 Å². The highest BCUT2D eigenvalue weighted by Crippen LogP contribution is 2.25. The zero-order chi connectivity index (χ0) is 9.97. The summed E-state index contributed by atoms with van der Waals surface area (Å²) < 4.78 is 5.34. The number of ether oxygens (including phenoxy) is 1. The standard InChI is InChI=1S/C11H19NO2/c1-8-4-5-9(7-8)12-11(13)10-3-2-6-14-10/h8-10H,2-7H2,1H3,(H,12,13)/t8-,9+,10+/m1/s1. The molecule has 0 unspecified atom stereocenters. The van der Waals surface area contributed by atoms with Gasteiger partial charge in [0.1, 0.15) is 6.10 Å². The Morgan fingerprint density at radius 1 is 1.36 bits per heavy atom. The van der Waals surface area contributed by atoms with E-state index in [2.05, 4.69) is 12.2 Å². The van der Waals surface area contributed by atoms with Gasteiger partial charge in [-0.2, -0.15) is 0 Å². The van der Waals surface area contributed by atoms with Crippen molar-refractivity contribution in [2.75, 3.05) is 6.61 Å². The third-order valence-corrected chi connectivity index (χ3v) is 3.26. The van der Waals surface area contributed by atoms with E-state index in [4.69, 9.17) is 4.74 Å². The largest absolute Gasteiger partial charge is 0.368 e. The number of nitrogens with one attached hydrogen (secondary N) is 1. The highest BCUT2D eigenvalue weighted by atomic mass is 16.5. The molecule has 3 heteroatoms. The van der Waals surface area contributed by atoms with E-state index in [9.17, 15) is 4.79 Å². The summed E-state index contributed by atoms with van der Waals surface area (Å²) in [4.78, 5) is 11.7. The third kappa shape index (κ3) is 2.27. The van der Waals surface area contributed by atoms with Crippen LogP contribution in [0.4, 0.5) is 0 Å². The Kier molecular flexibility index (Phi) is 3.06. The van der Waals surface area contributed by atoms with Crippen molar-refractivity contribution in [1.82, 2.24) is 5.32 Å². The Morgan fingerprint density at radius 2 is 2.21 bits per heavy atom. The van der Waals surface area contributed by atoms with E-state index in [-0.39, 0.29) is 12.0 Å². The summed E-state index contributed by atoms with van der Waals surface area (Å²) in [6.45, 7) is 3.00. The van der Waals surface area contributed by atoms with Gasteiger partial charge in [0, 0.05) is 12.6 Å². The smallest absolute Gasteiger partial charge is 0.249 e. The minimum Gasteiger partial charge on any atom is -0.368 e. The van der Waals surface area contributed by atoms with Crippen molar-refractivity contribution < 1.29 is 9.53 Å². The summed E-state index contributed by atoms with van der Waals surface area (Å²) in [5.41, 5.74) is 0. The first-order valence-electron chi connectivity index (χ1n) is 5.67. The van der Waals surface area contributed by atoms with Crippen LogP contribution in [0.3, 0.4) is 0 Å². The molecule has 1 saturated carbocycles. The number of carbonyl (C=O) groups is 1. The Morgan fingerprint density at radius 3 is 2.79 bits per heavy atom. The van der Waals surface area contributed by atoms with Crippen LogP contribution in [-0.4, -0.2) is 24.7 Å². The van der Waals surface area contributed by atoms with Crippen LogP contribution in [0, 0.1) is 5.92 Å². The van der Waals surface area contributed by atoms with Crippen LogP contribution in [0.1, 0.15) is 39.0 Å². The van der Waals surface area contributed by atoms with Crippen LogP contribution in [-0.2, 0) is 9.53 Å². The molecule has 3 nitrogen and oxygen atoms in total. The number of amides is 1. The van der Waals surface area contributed by atoms with Crippen molar-refractivity contribution in [3.05, 3.63) is 0 Å². The second kappa shape index (κ2) is 4.30. The highest BCUT2D eigenvalue weighted by Gasteiger charge is 2.28. The maximum atomic E-state index is 11.7. The lowest BCUT2D eigenvalue weighted by molar-refractivity contribution is -0.130. The van der Waals surface area contributed by atoms with Gasteiger partial charge in [0.2, 0.25) is 5.91 Å². The van der Waals surface area contributed by atoms with E-state index in [0.717, 1.165) is 38.2 Å². The van der Waals surface area contributed by atoms with Gasteiger partial charge in [-0.25, -0.2) is 0 Å². The lowest BCUT2D eigenvalue weighted by atomic mass is 10.1. The summed E-state index contributed by atoms with van der Waals surface area (Å²) in [5, 5.41) is 3.09. The summed E-state index contributed by atoms with van der Waals surface area (Å²) in [5.74, 6) is 0.881. The zero-order valence-electron chi connectivity index (χ0n) is 8.79. The van der Waals surface area contributed by atoms with E-state index in [0.29, 0.717) is 6.04 Å². The average Bonchev–Trinajstić information content (AvgIpc) is 2.75. The number of carbonyl (C=O) groups excluding carboxylic acids is 1. The third-order valence-electron chi connectivity index (χ3n) is 3.26. The molecule has 0 aromatic heterocycles. The molecule has 2 rings (SSSR count). The molecular weight excluding hydrogens is 178 g/mol. The Labute approximate surface area is 85.2 Å². The molecule has 1 aliphatic carbocycles. The molecule has 0 aromatic rings. The van der Waals surface area contributed by atoms with Crippen LogP contribution in [0.2, 0.25) is 0 Å². The van der Waals surface area contributed by atoms with Gasteiger partial charge in [-0.1, -0.05) is 6.92 Å². The van der Waals surface area contributed by atoms with E-state index in [1.165, 1.54) is 6.42 Å². The van der Waals surface area contributed by atoms with Gasteiger partial charge in [-0.05, 0) is 38.0 Å². The molecule has 1 heterocycles. The molecule has 1 aliphatic heterocycles. The minimum absolute atomic E-state index is 0.113. The van der Waals surface area contributed by atoms with Gasteiger partial charge in [0.15, 0.2) is 0 Å². The molecule has 1 N–H and O–H groups in total. The Bertz CT molecular complexity index is 211. The molecule has 1 saturated heterocycles. The van der Waals surface area contributed by atoms with Crippen LogP contribution in [0.15, 0.2) is 0 Å². The maximum absolute atomic E-state index is 11.7. The first kappa shape index (κ1) is 9.97. The molecule has 0 aromatic carbocycles. The van der Waals surface area contributed by atoms with Crippen molar-refractivity contribution in [2.24, 2.45) is 5.92 Å². The lowest BCUT2D eigenvalue weighted by Crippen LogP contribution is -2.40. The van der Waals surface area contributed by atoms with Crippen LogP contribution in [0.25, 0.3) is 0 Å². The van der Waals surface area contributed by atoms with Crippen LogP contribution in [0.5, 0.6) is 0 Å². The maximum Gasteiger partial charge on any atom is 0.249 e. The topological polar surface area (TPSA) is 38.3 Å². The Hall–Kier alpha value is -0.570. The molecule has 2 fully saturated rings. The first-order valence-corrected chi connectivity index (χ1v) is 5.67. The normalized spacial score (nSPS) is 37.4. The van der Waals surface area contributed by atoms with Gasteiger partial charge in [0.25, 0.3) is 0 Å². The van der Waals surface area contributed by atoms with Crippen molar-refractivity contribution in [1.29, 1.82) is 0 Å². The van der Waals surface area contributed by atoms with Crippen molar-refractivity contribution in [3.8, 4) is 0 Å². The molecule has 2 aliphatic rings. The minimum atomic E-state index is -0.161. The fourth-order valence-corrected chi connectivity index (χ4v) is 2.42. The fourth-order valence-electron chi connectivity index (χ4n) is 2.42. The van der Waals surface area contributed by atoms with E-state index < -0.39 is 0 Å². The summed E-state index contributed by atoms with van der Waals surface area (Å²) in [6.07, 6.45) is 5.29. The number of hydrogen-bond acceptors (Lipinski definition) is 2. The molecule has 0 spiro atoms. The molecule has 14 heavy (non-hydrogen) atoms. The van der Waals surface area contributed by atoms with Gasteiger partial charge in [0.05, 0.1) is 0 Å². The van der Waals surface area contributed by atoms with Crippen molar-refractivity contribution in [2.45, 2.75) is 51.2 Å². The highest BCUT2D eigenvalue weighted by molar-refractivity contribution is 5.81. The number of rotatable bonds is 2. The molecule has 1 amide bonds. The average molecular weight is 197 g/mol. The second-order valence-corrected chi connectivity index (χ2v) is 4.63. The molecular formula is C11H19NO2. The summed E-state index contributed by atoms with van der Waals surface area (Å²) >= 11 is 0. The Balaban J connectivity index is 1.76. The molecule has 3 atom stereocenters. The zero-order valence-corrected chi connectivity index (χ0v) is 8.79. The second-order valence-electron chi connectivity index (χ2n) is 4.63. The molecule has 0 radical (unpaired) electrons. The van der Waals surface area contributed by atoms with Crippen molar-refractivity contribution in [3.63, 3.8) is 0 Å². The number of hydrogen-bond donors (Lipinski definition) is 1. The molecule has 0 bridgehead atoms. The van der Waals surface area contributed by atoms with Crippen LogP contribution >= 0.6 is 0 Å². The van der Waals surface area contributed by atoms with Crippen LogP contribution < -0.4 is 5.32 Å². The van der Waals surface area contributed by atoms with E-state index in [1.807, 2.05) is 0 Å². The predicted molar refractivity (Wildman–Crippen MR) is 53.9 cm³/mol.